The summed E-state index contributed by atoms with van der Waals surface area (Å²) in [6.07, 6.45) is 3.61. The maximum atomic E-state index is 12.4. The van der Waals surface area contributed by atoms with Gasteiger partial charge < -0.3 is 4.74 Å². The van der Waals surface area contributed by atoms with Crippen LogP contribution in [-0.4, -0.2) is 27.1 Å². The van der Waals surface area contributed by atoms with Crippen LogP contribution in [0, 0.1) is 0 Å². The number of carbonyl (C=O) groups excluding carboxylic acids is 1. The van der Waals surface area contributed by atoms with Crippen LogP contribution < -0.4 is 14.9 Å². The monoisotopic (exact) mass is 485 g/mol. The van der Waals surface area contributed by atoms with Crippen molar-refractivity contribution in [2.24, 2.45) is 5.10 Å². The van der Waals surface area contributed by atoms with Gasteiger partial charge in [-0.1, -0.05) is 24.9 Å². The zero-order chi connectivity index (χ0) is 23.7. The van der Waals surface area contributed by atoms with Crippen LogP contribution in [0.5, 0.6) is 5.75 Å². The second-order valence-corrected chi connectivity index (χ2v) is 9.23. The van der Waals surface area contributed by atoms with Crippen molar-refractivity contribution in [3.63, 3.8) is 0 Å². The number of hydrazone groups is 1. The lowest BCUT2D eigenvalue weighted by Crippen LogP contribution is -2.18. The first-order valence-corrected chi connectivity index (χ1v) is 12.2. The minimum absolute atomic E-state index is 0.0867. The van der Waals surface area contributed by atoms with Gasteiger partial charge in [-0.15, -0.1) is 0 Å². The van der Waals surface area contributed by atoms with Crippen molar-refractivity contribution in [2.45, 2.75) is 24.7 Å². The molecule has 9 heteroatoms. The fourth-order valence-corrected chi connectivity index (χ4v) is 3.92. The number of rotatable bonds is 10. The molecule has 0 unspecified atom stereocenters. The third kappa shape index (κ3) is 7.34. The van der Waals surface area contributed by atoms with Crippen molar-refractivity contribution >= 4 is 39.4 Å². The minimum Gasteiger partial charge on any atom is -0.494 e. The Morgan fingerprint density at radius 3 is 2.30 bits per heavy atom. The van der Waals surface area contributed by atoms with E-state index in [1.165, 1.54) is 54.7 Å². The number of nitrogens with one attached hydrogen (secondary N) is 2. The summed E-state index contributed by atoms with van der Waals surface area (Å²) in [5.41, 5.74) is 3.92. The molecule has 0 aliphatic rings. The van der Waals surface area contributed by atoms with Crippen LogP contribution in [0.2, 0.25) is 5.02 Å². The van der Waals surface area contributed by atoms with Gasteiger partial charge in [-0.05, 0) is 84.8 Å². The molecule has 33 heavy (non-hydrogen) atoms. The first-order chi connectivity index (χ1) is 15.9. The largest absolute Gasteiger partial charge is 0.494 e. The zero-order valence-electron chi connectivity index (χ0n) is 18.0. The number of carbonyl (C=O) groups is 1. The topological polar surface area (TPSA) is 96.9 Å². The van der Waals surface area contributed by atoms with Crippen LogP contribution in [0.1, 0.15) is 35.7 Å². The van der Waals surface area contributed by atoms with Gasteiger partial charge in [0.05, 0.1) is 17.7 Å². The van der Waals surface area contributed by atoms with Crippen LogP contribution in [0.25, 0.3) is 0 Å². The molecule has 2 N–H and O–H groups in total. The van der Waals surface area contributed by atoms with Gasteiger partial charge in [0.1, 0.15) is 5.75 Å². The SMILES string of the molecule is CCCCOc1ccc(/C=N\NC(=O)c2ccc(NS(=O)(=O)c3ccc(Cl)cc3)cc2)cc1. The van der Waals surface area contributed by atoms with E-state index in [0.717, 1.165) is 24.2 Å². The molecule has 0 heterocycles. The molecular weight excluding hydrogens is 462 g/mol. The second-order valence-electron chi connectivity index (χ2n) is 7.11. The van der Waals surface area contributed by atoms with Crippen LogP contribution in [-0.2, 0) is 10.0 Å². The molecule has 0 aliphatic heterocycles. The molecule has 3 aromatic rings. The van der Waals surface area contributed by atoms with E-state index in [1.807, 2.05) is 24.3 Å². The Morgan fingerprint density at radius 2 is 1.67 bits per heavy atom. The number of halogens is 1. The van der Waals surface area contributed by atoms with Gasteiger partial charge >= 0.3 is 0 Å². The molecule has 172 valence electrons. The Hall–Kier alpha value is -3.36. The van der Waals surface area contributed by atoms with E-state index < -0.39 is 15.9 Å². The van der Waals surface area contributed by atoms with Gasteiger partial charge in [0.15, 0.2) is 0 Å². The predicted octanol–water partition coefficient (Wildman–Crippen LogP) is 5.08. The average molecular weight is 486 g/mol. The normalized spacial score (nSPS) is 11.3. The molecule has 3 rings (SSSR count). The van der Waals surface area contributed by atoms with Crippen molar-refractivity contribution in [1.82, 2.24) is 5.43 Å². The lowest BCUT2D eigenvalue weighted by molar-refractivity contribution is 0.0955. The van der Waals surface area contributed by atoms with Gasteiger partial charge in [0.2, 0.25) is 0 Å². The number of hydrogen-bond acceptors (Lipinski definition) is 5. The zero-order valence-corrected chi connectivity index (χ0v) is 19.6. The Balaban J connectivity index is 1.54. The van der Waals surface area contributed by atoms with E-state index in [1.54, 1.807) is 0 Å². The van der Waals surface area contributed by atoms with Gasteiger partial charge in [0, 0.05) is 16.3 Å². The van der Waals surface area contributed by atoms with E-state index >= 15 is 0 Å². The summed E-state index contributed by atoms with van der Waals surface area (Å²) < 4.78 is 32.9. The number of unbranched alkanes of at least 4 members (excludes halogenated alkanes) is 1. The van der Waals surface area contributed by atoms with E-state index in [9.17, 15) is 13.2 Å². The number of benzene rings is 3. The number of hydrogen-bond donors (Lipinski definition) is 2. The van der Waals surface area contributed by atoms with E-state index in [-0.39, 0.29) is 4.90 Å². The fraction of sp³-hybridized carbons (Fsp3) is 0.167. The van der Waals surface area contributed by atoms with Crippen molar-refractivity contribution in [3.8, 4) is 5.75 Å². The molecule has 7 nitrogen and oxygen atoms in total. The summed E-state index contributed by atoms with van der Waals surface area (Å²) in [7, 11) is -3.76. The highest BCUT2D eigenvalue weighted by molar-refractivity contribution is 7.92. The van der Waals surface area contributed by atoms with Crippen molar-refractivity contribution in [1.29, 1.82) is 0 Å². The predicted molar refractivity (Wildman–Crippen MR) is 131 cm³/mol. The highest BCUT2D eigenvalue weighted by Gasteiger charge is 2.14. The smallest absolute Gasteiger partial charge is 0.271 e. The van der Waals surface area contributed by atoms with E-state index in [4.69, 9.17) is 16.3 Å². The van der Waals surface area contributed by atoms with Crippen molar-refractivity contribution < 1.29 is 17.9 Å². The molecule has 0 fully saturated rings. The van der Waals surface area contributed by atoms with Crippen LogP contribution >= 0.6 is 11.6 Å². The van der Waals surface area contributed by atoms with E-state index in [0.29, 0.717) is 22.9 Å². The lowest BCUT2D eigenvalue weighted by atomic mass is 10.2. The number of anilines is 1. The Kier molecular flexibility index (Phi) is 8.46. The summed E-state index contributed by atoms with van der Waals surface area (Å²) in [5, 5.41) is 4.41. The molecule has 0 aliphatic carbocycles. The molecule has 0 saturated carbocycles. The molecule has 0 bridgehead atoms. The number of ether oxygens (including phenoxy) is 1. The van der Waals surface area contributed by atoms with Crippen molar-refractivity contribution in [3.05, 3.63) is 88.9 Å². The van der Waals surface area contributed by atoms with Crippen molar-refractivity contribution in [2.75, 3.05) is 11.3 Å². The third-order valence-electron chi connectivity index (χ3n) is 4.55. The second kappa shape index (κ2) is 11.5. The van der Waals surface area contributed by atoms with Gasteiger partial charge in [-0.25, -0.2) is 13.8 Å². The van der Waals surface area contributed by atoms with Gasteiger partial charge in [0.25, 0.3) is 15.9 Å². The summed E-state index contributed by atoms with van der Waals surface area (Å²) in [5.74, 6) is 0.370. The minimum atomic E-state index is -3.76. The van der Waals surface area contributed by atoms with E-state index in [2.05, 4.69) is 22.2 Å². The van der Waals surface area contributed by atoms with Crippen LogP contribution in [0.15, 0.2) is 82.8 Å². The molecule has 0 radical (unpaired) electrons. The molecule has 0 atom stereocenters. The first kappa shape index (κ1) is 24.3. The summed E-state index contributed by atoms with van der Waals surface area (Å²) in [6.45, 7) is 2.79. The molecule has 0 spiro atoms. The molecular formula is C24H24ClN3O4S. The molecule has 0 aromatic heterocycles. The van der Waals surface area contributed by atoms with Gasteiger partial charge in [-0.3, -0.25) is 9.52 Å². The first-order valence-electron chi connectivity index (χ1n) is 10.3. The Bertz CT molecular complexity index is 1190. The maximum Gasteiger partial charge on any atom is 0.271 e. The van der Waals surface area contributed by atoms with Crippen LogP contribution in [0.3, 0.4) is 0 Å². The molecule has 3 aromatic carbocycles. The van der Waals surface area contributed by atoms with Crippen LogP contribution in [0.4, 0.5) is 5.69 Å². The average Bonchev–Trinajstić information content (AvgIpc) is 2.81. The fourth-order valence-electron chi connectivity index (χ4n) is 2.73. The Morgan fingerprint density at radius 1 is 1.00 bits per heavy atom. The third-order valence-corrected chi connectivity index (χ3v) is 6.20. The summed E-state index contributed by atoms with van der Waals surface area (Å²) in [6, 6.07) is 19.2. The highest BCUT2D eigenvalue weighted by Crippen LogP contribution is 2.19. The highest BCUT2D eigenvalue weighted by atomic mass is 35.5. The summed E-state index contributed by atoms with van der Waals surface area (Å²) >= 11 is 5.80. The number of sulfonamides is 1. The lowest BCUT2D eigenvalue weighted by Gasteiger charge is -2.09. The Labute approximate surface area is 198 Å². The quantitative estimate of drug-likeness (QED) is 0.237. The standard InChI is InChI=1S/C24H24ClN3O4S/c1-2-3-16-32-22-12-4-18(5-13-22)17-26-27-24(29)19-6-10-21(11-7-19)28-33(30,31)23-14-8-20(25)9-15-23/h4-15,17,28H,2-3,16H2,1H3,(H,27,29)/b26-17-. The number of amides is 1. The van der Waals surface area contributed by atoms with Gasteiger partial charge in [-0.2, -0.15) is 5.10 Å². The molecule has 1 amide bonds. The number of nitrogens with zero attached hydrogens (tertiary/aromatic N) is 1. The maximum absolute atomic E-state index is 12.4. The molecule has 0 saturated heterocycles. The summed E-state index contributed by atoms with van der Waals surface area (Å²) in [4.78, 5) is 12.4.